The molecule has 0 radical (unpaired) electrons. The number of hydrogen-bond donors (Lipinski definition) is 0. The smallest absolute Gasteiger partial charge is 0.312 e. The first-order valence-electron chi connectivity index (χ1n) is 6.79. The van der Waals surface area contributed by atoms with Crippen molar-refractivity contribution in [2.75, 3.05) is 0 Å². The molecule has 1 unspecified atom stereocenters. The number of imidazole rings is 1. The van der Waals surface area contributed by atoms with Crippen molar-refractivity contribution >= 4 is 56.6 Å². The maximum absolute atomic E-state index is 12.1. The number of esters is 1. The fraction of sp³-hybridized carbons (Fsp3) is 0.143. The second-order valence-electron chi connectivity index (χ2n) is 5.18. The van der Waals surface area contributed by atoms with Crippen LogP contribution in [-0.2, 0) is 4.79 Å². The fourth-order valence-electron chi connectivity index (χ4n) is 3.03. The molecule has 6 nitrogen and oxygen atoms in total. The van der Waals surface area contributed by atoms with E-state index in [-0.39, 0.29) is 18.3 Å². The topological polar surface area (TPSA) is 69.4 Å². The molecule has 0 bridgehead atoms. The summed E-state index contributed by atoms with van der Waals surface area (Å²) < 4.78 is 16.0. The lowest BCUT2D eigenvalue weighted by atomic mass is 9.89. The van der Waals surface area contributed by atoms with Crippen LogP contribution >= 0.6 is 34.7 Å². The van der Waals surface area contributed by atoms with Crippen molar-refractivity contribution in [3.63, 3.8) is 0 Å². The summed E-state index contributed by atoms with van der Waals surface area (Å²) in [6, 6.07) is 3.58. The Bertz CT molecular complexity index is 1080. The average molecular weight is 363 g/mol. The van der Waals surface area contributed by atoms with Gasteiger partial charge in [-0.05, 0) is 12.1 Å². The van der Waals surface area contributed by atoms with Gasteiger partial charge < -0.3 is 4.74 Å². The second kappa shape index (κ2) is 4.73. The molecule has 1 aromatic carbocycles. The number of carbonyl (C=O) groups is 1. The lowest BCUT2D eigenvalue weighted by Gasteiger charge is -2.24. The third kappa shape index (κ3) is 1.85. The molecule has 4 heterocycles. The lowest BCUT2D eigenvalue weighted by molar-refractivity contribution is -0.135. The molecule has 0 fully saturated rings. The molecule has 0 amide bonds. The van der Waals surface area contributed by atoms with Gasteiger partial charge in [0.2, 0.25) is 0 Å². The zero-order chi connectivity index (χ0) is 15.6. The zero-order valence-corrected chi connectivity index (χ0v) is 13.8. The van der Waals surface area contributed by atoms with Crippen LogP contribution in [0.4, 0.5) is 0 Å². The number of carbonyl (C=O) groups excluding carboxylic acids is 1. The van der Waals surface area contributed by atoms with E-state index in [9.17, 15) is 4.79 Å². The monoisotopic (exact) mass is 362 g/mol. The van der Waals surface area contributed by atoms with Crippen molar-refractivity contribution in [3.8, 4) is 5.75 Å². The van der Waals surface area contributed by atoms with E-state index in [0.29, 0.717) is 10.9 Å². The number of thiazole rings is 1. The van der Waals surface area contributed by atoms with Gasteiger partial charge in [-0.3, -0.25) is 9.20 Å². The molecule has 0 spiro atoms. The first-order chi connectivity index (χ1) is 11.2. The molecule has 3 aromatic heterocycles. The number of benzene rings is 1. The Morgan fingerprint density at radius 1 is 1.35 bits per heavy atom. The number of aromatic nitrogens is 4. The van der Waals surface area contributed by atoms with E-state index in [1.807, 2.05) is 22.0 Å². The minimum absolute atomic E-state index is 0.201. The molecule has 114 valence electrons. The minimum Gasteiger partial charge on any atom is -0.426 e. The Morgan fingerprint density at radius 2 is 2.26 bits per heavy atom. The van der Waals surface area contributed by atoms with Crippen LogP contribution in [0, 0.1) is 0 Å². The molecule has 5 rings (SSSR count). The third-order valence-electron chi connectivity index (χ3n) is 3.95. The quantitative estimate of drug-likeness (QED) is 0.383. The van der Waals surface area contributed by atoms with Crippen LogP contribution < -0.4 is 4.74 Å². The van der Waals surface area contributed by atoms with Gasteiger partial charge in [-0.15, -0.1) is 11.3 Å². The molecule has 1 aliphatic rings. The Balaban J connectivity index is 1.85. The van der Waals surface area contributed by atoms with Crippen LogP contribution in [0.5, 0.6) is 5.75 Å². The van der Waals surface area contributed by atoms with Gasteiger partial charge in [0.25, 0.3) is 0 Å². The van der Waals surface area contributed by atoms with E-state index >= 15 is 0 Å². The largest absolute Gasteiger partial charge is 0.426 e. The Kier molecular flexibility index (Phi) is 2.76. The van der Waals surface area contributed by atoms with Crippen LogP contribution in [-0.4, -0.2) is 24.1 Å². The van der Waals surface area contributed by atoms with E-state index < -0.39 is 0 Å². The molecule has 9 heteroatoms. The molecular formula is C14H7ClN4O2S2. The summed E-state index contributed by atoms with van der Waals surface area (Å²) in [5, 5.41) is 2.34. The van der Waals surface area contributed by atoms with Gasteiger partial charge in [0.05, 0.1) is 23.8 Å². The maximum atomic E-state index is 12.1. The van der Waals surface area contributed by atoms with E-state index in [1.165, 1.54) is 11.3 Å². The number of nitrogens with zero attached hydrogens (tertiary/aromatic N) is 4. The highest BCUT2D eigenvalue weighted by Crippen LogP contribution is 2.44. The van der Waals surface area contributed by atoms with Gasteiger partial charge in [-0.1, -0.05) is 11.6 Å². The third-order valence-corrected chi connectivity index (χ3v) is 5.53. The molecular weight excluding hydrogens is 356 g/mol. The highest BCUT2D eigenvalue weighted by molar-refractivity contribution is 7.15. The summed E-state index contributed by atoms with van der Waals surface area (Å²) in [6.45, 7) is 0. The SMILES string of the molecule is O=C1CC(c2c(Cl)nc3sccn23)c2c(ccc3nsnc23)O1. The van der Waals surface area contributed by atoms with Crippen LogP contribution in [0.15, 0.2) is 23.7 Å². The van der Waals surface area contributed by atoms with Crippen LogP contribution in [0.3, 0.4) is 0 Å². The van der Waals surface area contributed by atoms with Gasteiger partial charge in [0.1, 0.15) is 16.8 Å². The highest BCUT2D eigenvalue weighted by Gasteiger charge is 2.35. The second-order valence-corrected chi connectivity index (χ2v) is 6.94. The molecule has 1 atom stereocenters. The van der Waals surface area contributed by atoms with Crippen molar-refractivity contribution in [1.82, 2.24) is 18.1 Å². The number of rotatable bonds is 1. The summed E-state index contributed by atoms with van der Waals surface area (Å²) in [4.78, 5) is 17.2. The number of hydrogen-bond acceptors (Lipinski definition) is 7. The minimum atomic E-state index is -0.286. The van der Waals surface area contributed by atoms with E-state index in [0.717, 1.165) is 39.0 Å². The average Bonchev–Trinajstić information content (AvgIpc) is 3.20. The van der Waals surface area contributed by atoms with Crippen molar-refractivity contribution in [3.05, 3.63) is 40.1 Å². The summed E-state index contributed by atoms with van der Waals surface area (Å²) in [5.74, 6) is -0.0186. The van der Waals surface area contributed by atoms with Crippen molar-refractivity contribution in [1.29, 1.82) is 0 Å². The Labute approximate surface area is 142 Å². The summed E-state index contributed by atoms with van der Waals surface area (Å²) >= 11 is 9.01. The van der Waals surface area contributed by atoms with E-state index in [4.69, 9.17) is 16.3 Å². The van der Waals surface area contributed by atoms with Gasteiger partial charge in [0, 0.05) is 23.1 Å². The summed E-state index contributed by atoms with van der Waals surface area (Å²) in [7, 11) is 0. The first kappa shape index (κ1) is 13.4. The van der Waals surface area contributed by atoms with Crippen molar-refractivity contribution in [2.45, 2.75) is 12.3 Å². The number of halogens is 1. The standard InChI is InChI=1S/C14H7ClN4O2S2/c15-13-12(19-3-4-22-14(19)16-13)6-5-9(20)21-8-2-1-7-11(10(6)8)18-23-17-7/h1-4,6H,5H2. The molecule has 0 N–H and O–H groups in total. The molecule has 1 aliphatic heterocycles. The van der Waals surface area contributed by atoms with E-state index in [1.54, 1.807) is 6.07 Å². The molecule has 4 aromatic rings. The predicted octanol–water partition coefficient (Wildman–Crippen LogP) is 3.49. The maximum Gasteiger partial charge on any atom is 0.312 e. The van der Waals surface area contributed by atoms with Crippen molar-refractivity contribution < 1.29 is 9.53 Å². The Morgan fingerprint density at radius 3 is 3.17 bits per heavy atom. The lowest BCUT2D eigenvalue weighted by Crippen LogP contribution is -2.22. The molecule has 23 heavy (non-hydrogen) atoms. The van der Waals surface area contributed by atoms with Crippen LogP contribution in [0.25, 0.3) is 16.0 Å². The highest BCUT2D eigenvalue weighted by atomic mass is 35.5. The molecule has 0 saturated heterocycles. The Hall–Kier alpha value is -2.03. The fourth-order valence-corrected chi connectivity index (χ4v) is 4.66. The van der Waals surface area contributed by atoms with Crippen LogP contribution in [0.1, 0.15) is 23.6 Å². The number of ether oxygens (including phenoxy) is 1. The molecule has 0 saturated carbocycles. The number of fused-ring (bicyclic) bond motifs is 4. The van der Waals surface area contributed by atoms with Gasteiger partial charge in [-0.2, -0.15) is 8.75 Å². The van der Waals surface area contributed by atoms with Gasteiger partial charge >= 0.3 is 5.97 Å². The van der Waals surface area contributed by atoms with Gasteiger partial charge in [-0.25, -0.2) is 4.98 Å². The van der Waals surface area contributed by atoms with Gasteiger partial charge in [0.15, 0.2) is 10.1 Å². The predicted molar refractivity (Wildman–Crippen MR) is 87.6 cm³/mol. The van der Waals surface area contributed by atoms with Crippen LogP contribution in [0.2, 0.25) is 5.15 Å². The normalized spacial score (nSPS) is 17.6. The molecule has 0 aliphatic carbocycles. The first-order valence-corrected chi connectivity index (χ1v) is 8.78. The van der Waals surface area contributed by atoms with E-state index in [2.05, 4.69) is 13.7 Å². The summed E-state index contributed by atoms with van der Waals surface area (Å²) in [6.07, 6.45) is 2.11. The zero-order valence-electron chi connectivity index (χ0n) is 11.4. The van der Waals surface area contributed by atoms with Crippen molar-refractivity contribution in [2.24, 2.45) is 0 Å². The summed E-state index contributed by atoms with van der Waals surface area (Å²) in [5.41, 5.74) is 3.19.